The Hall–Kier alpha value is -1.96. The topological polar surface area (TPSA) is 54.3 Å². The summed E-state index contributed by atoms with van der Waals surface area (Å²) in [5, 5.41) is 5.81. The average molecular weight is 420 g/mol. The number of amides is 1. The molecule has 3 rings (SSSR count). The van der Waals surface area contributed by atoms with Crippen molar-refractivity contribution in [2.24, 2.45) is 0 Å². The van der Waals surface area contributed by atoms with Crippen molar-refractivity contribution < 1.29 is 4.79 Å². The molecule has 0 radical (unpaired) electrons. The van der Waals surface area contributed by atoms with E-state index in [4.69, 9.17) is 16.6 Å². The molecule has 0 saturated heterocycles. The van der Waals surface area contributed by atoms with Crippen LogP contribution >= 0.6 is 22.9 Å². The van der Waals surface area contributed by atoms with Gasteiger partial charge in [-0.25, -0.2) is 4.98 Å². The second-order valence-electron chi connectivity index (χ2n) is 6.77. The minimum absolute atomic E-state index is 0.0106. The number of hydrogen-bond acceptors (Lipinski definition) is 5. The number of thiazole rings is 1. The Kier molecular flexibility index (Phi) is 6.69. The Balaban J connectivity index is 1.88. The highest BCUT2D eigenvalue weighted by Crippen LogP contribution is 2.31. The van der Waals surface area contributed by atoms with Crippen LogP contribution < -0.4 is 4.90 Å². The standard InChI is InChI=1S/C20H26ClN5OS/c1-5-24(6-2)9-10-25(19(27)13-26-15(4)11-14(3)23-26)20-22-17-8-7-16(21)12-18(17)28-20/h7-8,11-12H,5-6,9-10,13H2,1-4H3. The summed E-state index contributed by atoms with van der Waals surface area (Å²) in [6.07, 6.45) is 0. The first-order valence-corrected chi connectivity index (χ1v) is 10.7. The molecule has 28 heavy (non-hydrogen) atoms. The predicted octanol–water partition coefficient (Wildman–Crippen LogP) is 4.14. The lowest BCUT2D eigenvalue weighted by Crippen LogP contribution is -2.40. The van der Waals surface area contributed by atoms with Crippen molar-refractivity contribution in [1.29, 1.82) is 0 Å². The van der Waals surface area contributed by atoms with Crippen LogP contribution in [0.3, 0.4) is 0 Å². The third-order valence-corrected chi connectivity index (χ3v) is 6.07. The van der Waals surface area contributed by atoms with Crippen LogP contribution in [0.25, 0.3) is 10.2 Å². The summed E-state index contributed by atoms with van der Waals surface area (Å²) >= 11 is 7.61. The maximum Gasteiger partial charge on any atom is 0.250 e. The van der Waals surface area contributed by atoms with Gasteiger partial charge in [0.25, 0.3) is 5.91 Å². The van der Waals surface area contributed by atoms with Gasteiger partial charge < -0.3 is 4.90 Å². The second-order valence-corrected chi connectivity index (χ2v) is 8.21. The van der Waals surface area contributed by atoms with Gasteiger partial charge in [-0.15, -0.1) is 0 Å². The molecule has 0 atom stereocenters. The molecule has 150 valence electrons. The van der Waals surface area contributed by atoms with E-state index in [9.17, 15) is 4.79 Å². The third-order valence-electron chi connectivity index (χ3n) is 4.79. The fourth-order valence-corrected chi connectivity index (χ4v) is 4.44. The second kappa shape index (κ2) is 9.03. The maximum absolute atomic E-state index is 13.2. The molecule has 2 heterocycles. The number of carbonyl (C=O) groups excluding carboxylic acids is 1. The molecule has 1 amide bonds. The first-order chi connectivity index (χ1) is 13.4. The first-order valence-electron chi connectivity index (χ1n) is 9.51. The number of nitrogens with zero attached hydrogens (tertiary/aromatic N) is 5. The molecule has 1 aromatic carbocycles. The zero-order valence-corrected chi connectivity index (χ0v) is 18.3. The molecule has 0 spiro atoms. The number of carbonyl (C=O) groups is 1. The summed E-state index contributed by atoms with van der Waals surface area (Å²) in [6, 6.07) is 7.59. The molecular weight excluding hydrogens is 394 g/mol. The predicted molar refractivity (Wildman–Crippen MR) is 116 cm³/mol. The Labute approximate surface area is 174 Å². The summed E-state index contributed by atoms with van der Waals surface area (Å²) in [6.45, 7) is 11.7. The number of aromatic nitrogens is 3. The lowest BCUT2D eigenvalue weighted by molar-refractivity contribution is -0.119. The number of fused-ring (bicyclic) bond motifs is 1. The zero-order chi connectivity index (χ0) is 20.3. The van der Waals surface area contributed by atoms with Crippen molar-refractivity contribution in [3.63, 3.8) is 0 Å². The van der Waals surface area contributed by atoms with Gasteiger partial charge in [-0.3, -0.25) is 14.4 Å². The summed E-state index contributed by atoms with van der Waals surface area (Å²) in [5.74, 6) is -0.0106. The highest BCUT2D eigenvalue weighted by atomic mass is 35.5. The maximum atomic E-state index is 13.2. The number of hydrogen-bond donors (Lipinski definition) is 0. The third kappa shape index (κ3) is 4.71. The largest absolute Gasteiger partial charge is 0.302 e. The van der Waals surface area contributed by atoms with Gasteiger partial charge in [-0.1, -0.05) is 36.8 Å². The molecule has 0 aliphatic heterocycles. The molecule has 3 aromatic rings. The van der Waals surface area contributed by atoms with Gasteiger partial charge in [0.1, 0.15) is 6.54 Å². The van der Waals surface area contributed by atoms with Crippen LogP contribution in [0.5, 0.6) is 0 Å². The number of likely N-dealkylation sites (N-methyl/N-ethyl adjacent to an activating group) is 1. The van der Waals surface area contributed by atoms with Crippen LogP contribution in [0.4, 0.5) is 5.13 Å². The lowest BCUT2D eigenvalue weighted by atomic mass is 10.3. The Bertz CT molecular complexity index is 963. The number of benzene rings is 1. The number of aryl methyl sites for hydroxylation is 2. The van der Waals surface area contributed by atoms with Crippen LogP contribution in [0.1, 0.15) is 25.2 Å². The number of halogens is 1. The lowest BCUT2D eigenvalue weighted by Gasteiger charge is -2.24. The van der Waals surface area contributed by atoms with Crippen LogP contribution in [-0.2, 0) is 11.3 Å². The Morgan fingerprint density at radius 1 is 1.18 bits per heavy atom. The quantitative estimate of drug-likeness (QED) is 0.550. The molecule has 0 aliphatic carbocycles. The summed E-state index contributed by atoms with van der Waals surface area (Å²) in [5.41, 5.74) is 2.75. The molecule has 0 N–H and O–H groups in total. The first kappa shape index (κ1) is 20.8. The van der Waals surface area contributed by atoms with Gasteiger partial charge in [-0.2, -0.15) is 5.10 Å². The van der Waals surface area contributed by atoms with Gasteiger partial charge in [-0.05, 0) is 51.2 Å². The van der Waals surface area contributed by atoms with Gasteiger partial charge in [0.15, 0.2) is 5.13 Å². The van der Waals surface area contributed by atoms with Crippen LogP contribution in [0.2, 0.25) is 5.02 Å². The van der Waals surface area contributed by atoms with Gasteiger partial charge in [0.2, 0.25) is 0 Å². The van der Waals surface area contributed by atoms with E-state index in [1.165, 1.54) is 11.3 Å². The van der Waals surface area contributed by atoms with Crippen molar-refractivity contribution in [3.8, 4) is 0 Å². The van der Waals surface area contributed by atoms with E-state index in [-0.39, 0.29) is 12.5 Å². The van der Waals surface area contributed by atoms with Crippen molar-refractivity contribution in [2.45, 2.75) is 34.2 Å². The summed E-state index contributed by atoms with van der Waals surface area (Å²) in [7, 11) is 0. The minimum atomic E-state index is -0.0106. The van der Waals surface area contributed by atoms with Crippen LogP contribution in [0, 0.1) is 13.8 Å². The van der Waals surface area contributed by atoms with E-state index in [0.29, 0.717) is 16.7 Å². The van der Waals surface area contributed by atoms with E-state index in [1.54, 1.807) is 9.58 Å². The highest BCUT2D eigenvalue weighted by molar-refractivity contribution is 7.22. The van der Waals surface area contributed by atoms with Gasteiger partial charge in [0, 0.05) is 23.8 Å². The smallest absolute Gasteiger partial charge is 0.250 e. The van der Waals surface area contributed by atoms with Crippen LogP contribution in [-0.4, -0.2) is 51.8 Å². The molecule has 8 heteroatoms. The fourth-order valence-electron chi connectivity index (χ4n) is 3.16. The van der Waals surface area contributed by atoms with Crippen molar-refractivity contribution in [2.75, 3.05) is 31.1 Å². The number of anilines is 1. The molecule has 2 aromatic heterocycles. The van der Waals surface area contributed by atoms with Crippen molar-refractivity contribution >= 4 is 44.2 Å². The van der Waals surface area contributed by atoms with E-state index in [2.05, 4.69) is 23.8 Å². The molecular formula is C20H26ClN5OS. The Morgan fingerprint density at radius 3 is 2.57 bits per heavy atom. The van der Waals surface area contributed by atoms with Crippen LogP contribution in [0.15, 0.2) is 24.3 Å². The molecule has 0 bridgehead atoms. The average Bonchev–Trinajstić information content (AvgIpc) is 3.20. The summed E-state index contributed by atoms with van der Waals surface area (Å²) in [4.78, 5) is 22.0. The van der Waals surface area contributed by atoms with Gasteiger partial charge >= 0.3 is 0 Å². The van der Waals surface area contributed by atoms with Gasteiger partial charge in [0.05, 0.1) is 15.9 Å². The Morgan fingerprint density at radius 2 is 1.93 bits per heavy atom. The molecule has 6 nitrogen and oxygen atoms in total. The van der Waals surface area contributed by atoms with Crippen molar-refractivity contribution in [3.05, 3.63) is 40.7 Å². The summed E-state index contributed by atoms with van der Waals surface area (Å²) < 4.78 is 2.74. The van der Waals surface area contributed by atoms with E-state index in [1.807, 2.05) is 38.1 Å². The number of rotatable bonds is 8. The highest BCUT2D eigenvalue weighted by Gasteiger charge is 2.21. The zero-order valence-electron chi connectivity index (χ0n) is 16.8. The monoisotopic (exact) mass is 419 g/mol. The van der Waals surface area contributed by atoms with E-state index in [0.717, 1.165) is 41.2 Å². The SMILES string of the molecule is CCN(CC)CCN(C(=O)Cn1nc(C)cc1C)c1nc2ccc(Cl)cc2s1. The molecule has 0 aliphatic rings. The minimum Gasteiger partial charge on any atom is -0.302 e. The van der Waals surface area contributed by atoms with E-state index >= 15 is 0 Å². The van der Waals surface area contributed by atoms with Crippen molar-refractivity contribution in [1.82, 2.24) is 19.7 Å². The molecule has 0 saturated carbocycles. The van der Waals surface area contributed by atoms with E-state index < -0.39 is 0 Å². The molecule has 0 unspecified atom stereocenters. The molecule has 0 fully saturated rings. The fraction of sp³-hybridized carbons (Fsp3) is 0.450. The normalized spacial score (nSPS) is 11.5.